The normalized spacial score (nSPS) is 18.4. The summed E-state index contributed by atoms with van der Waals surface area (Å²) in [4.78, 5) is 4.41. The Morgan fingerprint density at radius 3 is 2.73 bits per heavy atom. The second-order valence-electron chi connectivity index (χ2n) is 5.84. The lowest BCUT2D eigenvalue weighted by Gasteiger charge is -2.23. The van der Waals surface area contributed by atoms with Crippen LogP contribution >= 0.6 is 0 Å². The zero-order valence-corrected chi connectivity index (χ0v) is 12.5. The molecule has 116 valence electrons. The highest BCUT2D eigenvalue weighted by Gasteiger charge is 2.17. The number of hydrogen-bond acceptors (Lipinski definition) is 5. The Morgan fingerprint density at radius 2 is 1.91 bits per heavy atom. The first-order valence-corrected chi connectivity index (χ1v) is 7.92. The van der Waals surface area contributed by atoms with Crippen LogP contribution in [0.2, 0.25) is 0 Å². The summed E-state index contributed by atoms with van der Waals surface area (Å²) in [6.45, 7) is 4.07. The van der Waals surface area contributed by atoms with Crippen molar-refractivity contribution < 1.29 is 14.2 Å². The Balaban J connectivity index is 1.59. The second-order valence-corrected chi connectivity index (χ2v) is 5.84. The topological polar surface area (TPSA) is 52.6 Å². The molecule has 0 bridgehead atoms. The van der Waals surface area contributed by atoms with Crippen molar-refractivity contribution in [1.29, 1.82) is 0 Å². The summed E-state index contributed by atoms with van der Waals surface area (Å²) >= 11 is 0. The number of aromatic nitrogens is 1. The van der Waals surface area contributed by atoms with Crippen LogP contribution in [0.5, 0.6) is 17.4 Å². The molecule has 0 unspecified atom stereocenters. The first-order valence-electron chi connectivity index (χ1n) is 7.92. The molecule has 2 aliphatic heterocycles. The summed E-state index contributed by atoms with van der Waals surface area (Å²) in [6.07, 6.45) is 4.12. The summed E-state index contributed by atoms with van der Waals surface area (Å²) in [5, 5.41) is 5.43. The van der Waals surface area contributed by atoms with Crippen molar-refractivity contribution in [2.45, 2.75) is 12.8 Å². The molecule has 4 rings (SSSR count). The highest BCUT2D eigenvalue weighted by atomic mass is 16.6. The van der Waals surface area contributed by atoms with Gasteiger partial charge in [-0.1, -0.05) is 0 Å². The molecule has 0 spiro atoms. The Kier molecular flexibility index (Phi) is 3.72. The molecular weight excluding hydrogens is 280 g/mol. The fourth-order valence-corrected chi connectivity index (χ4v) is 3.04. The predicted molar refractivity (Wildman–Crippen MR) is 83.8 cm³/mol. The number of pyridine rings is 1. The van der Waals surface area contributed by atoms with Crippen LogP contribution in [0.15, 0.2) is 24.4 Å². The predicted octanol–water partition coefficient (Wildman–Crippen LogP) is 2.38. The average molecular weight is 300 g/mol. The summed E-state index contributed by atoms with van der Waals surface area (Å²) in [6, 6.07) is 5.96. The third-order valence-corrected chi connectivity index (χ3v) is 4.31. The fourth-order valence-electron chi connectivity index (χ4n) is 3.04. The fraction of sp³-hybridized carbons (Fsp3) is 0.471. The SMILES string of the molecule is c1cc2cc3c(cc2c(OCC2CCNCC2)n1)OCCO3. The largest absolute Gasteiger partial charge is 0.486 e. The average Bonchev–Trinajstić information content (AvgIpc) is 2.59. The van der Waals surface area contributed by atoms with Gasteiger partial charge in [0.2, 0.25) is 5.88 Å². The van der Waals surface area contributed by atoms with Gasteiger partial charge in [-0.2, -0.15) is 0 Å². The monoisotopic (exact) mass is 300 g/mol. The Morgan fingerprint density at radius 1 is 1.14 bits per heavy atom. The van der Waals surface area contributed by atoms with Crippen LogP contribution < -0.4 is 19.5 Å². The Bertz CT molecular complexity index is 668. The zero-order valence-electron chi connectivity index (χ0n) is 12.5. The van der Waals surface area contributed by atoms with E-state index in [4.69, 9.17) is 14.2 Å². The van der Waals surface area contributed by atoms with Crippen molar-refractivity contribution in [2.75, 3.05) is 32.9 Å². The van der Waals surface area contributed by atoms with E-state index in [2.05, 4.69) is 10.3 Å². The molecule has 3 heterocycles. The number of piperidine rings is 1. The van der Waals surface area contributed by atoms with Crippen LogP contribution in [0.1, 0.15) is 12.8 Å². The van der Waals surface area contributed by atoms with Crippen LogP contribution in [-0.4, -0.2) is 37.9 Å². The van der Waals surface area contributed by atoms with E-state index < -0.39 is 0 Å². The molecule has 1 aromatic carbocycles. The van der Waals surface area contributed by atoms with Crippen molar-refractivity contribution >= 4 is 10.8 Å². The van der Waals surface area contributed by atoms with Gasteiger partial charge in [0.15, 0.2) is 11.5 Å². The molecule has 1 fully saturated rings. The zero-order chi connectivity index (χ0) is 14.8. The third kappa shape index (κ3) is 2.68. The molecule has 0 atom stereocenters. The lowest BCUT2D eigenvalue weighted by atomic mass is 9.99. The molecule has 0 radical (unpaired) electrons. The number of benzene rings is 1. The second kappa shape index (κ2) is 6.01. The quantitative estimate of drug-likeness (QED) is 0.943. The van der Waals surface area contributed by atoms with Gasteiger partial charge in [0.1, 0.15) is 13.2 Å². The van der Waals surface area contributed by atoms with Gasteiger partial charge in [-0.3, -0.25) is 0 Å². The van der Waals surface area contributed by atoms with Gasteiger partial charge in [0.05, 0.1) is 6.61 Å². The summed E-state index contributed by atoms with van der Waals surface area (Å²) in [5.41, 5.74) is 0. The minimum absolute atomic E-state index is 0.587. The molecule has 1 saturated heterocycles. The highest BCUT2D eigenvalue weighted by molar-refractivity contribution is 5.89. The van der Waals surface area contributed by atoms with Crippen LogP contribution in [0.4, 0.5) is 0 Å². The van der Waals surface area contributed by atoms with Gasteiger partial charge >= 0.3 is 0 Å². The van der Waals surface area contributed by atoms with E-state index in [0.717, 1.165) is 54.8 Å². The standard InChI is InChI=1S/C17H20N2O3/c1-4-18-5-2-12(1)11-22-17-14-10-16-15(20-7-8-21-16)9-13(14)3-6-19-17/h3,6,9-10,12,18H,1-2,4-5,7-8,11H2. The van der Waals surface area contributed by atoms with Crippen LogP contribution in [0.25, 0.3) is 10.8 Å². The van der Waals surface area contributed by atoms with Crippen molar-refractivity contribution in [3.05, 3.63) is 24.4 Å². The van der Waals surface area contributed by atoms with Crippen molar-refractivity contribution in [2.24, 2.45) is 5.92 Å². The number of fused-ring (bicyclic) bond motifs is 2. The molecule has 1 N–H and O–H groups in total. The molecule has 0 amide bonds. The molecule has 0 saturated carbocycles. The van der Waals surface area contributed by atoms with Crippen molar-refractivity contribution in [3.63, 3.8) is 0 Å². The number of nitrogens with one attached hydrogen (secondary N) is 1. The maximum atomic E-state index is 6.01. The van der Waals surface area contributed by atoms with E-state index in [-0.39, 0.29) is 0 Å². The molecule has 1 aromatic heterocycles. The molecule has 22 heavy (non-hydrogen) atoms. The lowest BCUT2D eigenvalue weighted by molar-refractivity contribution is 0.172. The van der Waals surface area contributed by atoms with Gasteiger partial charge in [0.25, 0.3) is 0 Å². The molecule has 2 aromatic rings. The van der Waals surface area contributed by atoms with Gasteiger partial charge in [-0.05, 0) is 55.4 Å². The molecule has 5 heteroatoms. The van der Waals surface area contributed by atoms with Crippen LogP contribution in [0, 0.1) is 5.92 Å². The van der Waals surface area contributed by atoms with Gasteiger partial charge in [0, 0.05) is 11.6 Å². The van der Waals surface area contributed by atoms with E-state index in [0.29, 0.717) is 25.0 Å². The Labute approximate surface area is 129 Å². The van der Waals surface area contributed by atoms with Crippen molar-refractivity contribution in [3.8, 4) is 17.4 Å². The first kappa shape index (κ1) is 13.6. The highest BCUT2D eigenvalue weighted by Crippen LogP contribution is 2.37. The van der Waals surface area contributed by atoms with E-state index in [9.17, 15) is 0 Å². The van der Waals surface area contributed by atoms with E-state index in [1.54, 1.807) is 6.20 Å². The minimum atomic E-state index is 0.587. The minimum Gasteiger partial charge on any atom is -0.486 e. The van der Waals surface area contributed by atoms with E-state index >= 15 is 0 Å². The van der Waals surface area contributed by atoms with Crippen molar-refractivity contribution in [1.82, 2.24) is 10.3 Å². The molecule has 0 aliphatic carbocycles. The molecule has 5 nitrogen and oxygen atoms in total. The molecule has 2 aliphatic rings. The third-order valence-electron chi connectivity index (χ3n) is 4.31. The van der Waals surface area contributed by atoms with Gasteiger partial charge < -0.3 is 19.5 Å². The van der Waals surface area contributed by atoms with Crippen LogP contribution in [-0.2, 0) is 0 Å². The number of rotatable bonds is 3. The summed E-state index contributed by atoms with van der Waals surface area (Å²) in [7, 11) is 0. The van der Waals surface area contributed by atoms with Crippen LogP contribution in [0.3, 0.4) is 0 Å². The first-order chi connectivity index (χ1) is 10.9. The lowest BCUT2D eigenvalue weighted by Crippen LogP contribution is -2.30. The number of nitrogens with zero attached hydrogens (tertiary/aromatic N) is 1. The van der Waals surface area contributed by atoms with E-state index in [1.807, 2.05) is 18.2 Å². The molecular formula is C17H20N2O3. The summed E-state index contributed by atoms with van der Waals surface area (Å²) < 4.78 is 17.3. The maximum absolute atomic E-state index is 6.01. The maximum Gasteiger partial charge on any atom is 0.221 e. The summed E-state index contributed by atoms with van der Waals surface area (Å²) in [5.74, 6) is 2.87. The van der Waals surface area contributed by atoms with Gasteiger partial charge in [-0.15, -0.1) is 0 Å². The number of hydrogen-bond donors (Lipinski definition) is 1. The van der Waals surface area contributed by atoms with E-state index in [1.165, 1.54) is 0 Å². The number of ether oxygens (including phenoxy) is 3. The van der Waals surface area contributed by atoms with Gasteiger partial charge in [-0.25, -0.2) is 4.98 Å². The Hall–Kier alpha value is -2.01. The smallest absolute Gasteiger partial charge is 0.221 e.